The summed E-state index contributed by atoms with van der Waals surface area (Å²) in [4.78, 5) is 36.1. The van der Waals surface area contributed by atoms with Crippen LogP contribution in [0, 0.1) is 0 Å². The molecule has 2 aromatic heterocycles. The van der Waals surface area contributed by atoms with Gasteiger partial charge < -0.3 is 14.7 Å². The molecule has 2 aromatic carbocycles. The SMILES string of the molecule is CN(C)C(=O)c1ccc(Cc2cc3c(=O)n([C@H]4CCOC[C@@H]4O)cnc3c3ccccc23)cn1. The van der Waals surface area contributed by atoms with Crippen LogP contribution in [0.25, 0.3) is 21.7 Å². The van der Waals surface area contributed by atoms with E-state index in [0.29, 0.717) is 36.0 Å². The summed E-state index contributed by atoms with van der Waals surface area (Å²) in [5.74, 6) is -0.148. The zero-order valence-electron chi connectivity index (χ0n) is 19.1. The molecule has 8 nitrogen and oxygen atoms in total. The summed E-state index contributed by atoms with van der Waals surface area (Å²) in [7, 11) is 3.39. The van der Waals surface area contributed by atoms with Gasteiger partial charge in [0.2, 0.25) is 0 Å². The average molecular weight is 459 g/mol. The zero-order chi connectivity index (χ0) is 23.8. The minimum absolute atomic E-state index is 0.148. The van der Waals surface area contributed by atoms with Crippen LogP contribution in [0.5, 0.6) is 0 Å². The maximum absolute atomic E-state index is 13.5. The topological polar surface area (TPSA) is 97.6 Å². The lowest BCUT2D eigenvalue weighted by molar-refractivity contribution is -0.0395. The van der Waals surface area contributed by atoms with E-state index in [1.807, 2.05) is 36.4 Å². The number of ether oxygens (including phenoxy) is 1. The molecule has 8 heteroatoms. The molecular weight excluding hydrogens is 432 g/mol. The van der Waals surface area contributed by atoms with Crippen molar-refractivity contribution in [2.45, 2.75) is 25.0 Å². The van der Waals surface area contributed by atoms with Crippen LogP contribution in [0.2, 0.25) is 0 Å². The van der Waals surface area contributed by atoms with E-state index in [9.17, 15) is 14.7 Å². The summed E-state index contributed by atoms with van der Waals surface area (Å²) < 4.78 is 6.86. The Kier molecular flexibility index (Phi) is 5.85. The Balaban J connectivity index is 1.60. The number of aliphatic hydroxyl groups excluding tert-OH is 1. The molecule has 34 heavy (non-hydrogen) atoms. The first-order chi connectivity index (χ1) is 16.4. The molecule has 2 atom stereocenters. The van der Waals surface area contributed by atoms with Gasteiger partial charge in [0.25, 0.3) is 11.5 Å². The van der Waals surface area contributed by atoms with E-state index in [2.05, 4.69) is 9.97 Å². The van der Waals surface area contributed by atoms with Crippen molar-refractivity contribution < 1.29 is 14.6 Å². The highest BCUT2D eigenvalue weighted by Gasteiger charge is 2.27. The van der Waals surface area contributed by atoms with Gasteiger partial charge in [0.15, 0.2) is 0 Å². The molecule has 174 valence electrons. The molecule has 0 bridgehead atoms. The van der Waals surface area contributed by atoms with Gasteiger partial charge in [-0.3, -0.25) is 19.1 Å². The van der Waals surface area contributed by atoms with E-state index in [-0.39, 0.29) is 24.1 Å². The first-order valence-corrected chi connectivity index (χ1v) is 11.3. The number of fused-ring (bicyclic) bond motifs is 3. The largest absolute Gasteiger partial charge is 0.389 e. The van der Waals surface area contributed by atoms with Gasteiger partial charge in [0, 0.05) is 32.3 Å². The van der Waals surface area contributed by atoms with Gasteiger partial charge in [-0.2, -0.15) is 0 Å². The predicted molar refractivity (Wildman–Crippen MR) is 129 cm³/mol. The lowest BCUT2D eigenvalue weighted by Crippen LogP contribution is -2.39. The van der Waals surface area contributed by atoms with E-state index < -0.39 is 6.10 Å². The summed E-state index contributed by atoms with van der Waals surface area (Å²) in [6, 6.07) is 13.0. The highest BCUT2D eigenvalue weighted by Crippen LogP contribution is 2.28. The summed E-state index contributed by atoms with van der Waals surface area (Å²) in [6.45, 7) is 0.700. The van der Waals surface area contributed by atoms with E-state index in [1.54, 1.807) is 32.7 Å². The molecule has 1 aliphatic rings. The molecule has 0 spiro atoms. The minimum atomic E-state index is -0.750. The monoisotopic (exact) mass is 458 g/mol. The second-order valence-electron chi connectivity index (χ2n) is 8.86. The third-order valence-corrected chi connectivity index (χ3v) is 6.37. The third kappa shape index (κ3) is 3.95. The van der Waals surface area contributed by atoms with Crippen molar-refractivity contribution in [3.8, 4) is 0 Å². The van der Waals surface area contributed by atoms with Crippen molar-refractivity contribution in [1.29, 1.82) is 0 Å². The minimum Gasteiger partial charge on any atom is -0.389 e. The number of pyridine rings is 1. The fraction of sp³-hybridized carbons (Fsp3) is 0.308. The second kappa shape index (κ2) is 8.96. The van der Waals surface area contributed by atoms with Crippen LogP contribution in [0.15, 0.2) is 59.8 Å². The number of aromatic nitrogens is 3. The normalized spacial score (nSPS) is 18.3. The highest BCUT2D eigenvalue weighted by molar-refractivity contribution is 6.06. The summed E-state index contributed by atoms with van der Waals surface area (Å²) in [5.41, 5.74) is 2.77. The van der Waals surface area contributed by atoms with Gasteiger partial charge in [0.1, 0.15) is 5.69 Å². The maximum atomic E-state index is 13.5. The molecule has 3 heterocycles. The van der Waals surface area contributed by atoms with Crippen molar-refractivity contribution in [2.75, 3.05) is 27.3 Å². The third-order valence-electron chi connectivity index (χ3n) is 6.37. The van der Waals surface area contributed by atoms with Crippen LogP contribution in [0.3, 0.4) is 0 Å². The van der Waals surface area contributed by atoms with Crippen LogP contribution in [-0.4, -0.2) is 63.9 Å². The Morgan fingerprint density at radius 1 is 1.15 bits per heavy atom. The van der Waals surface area contributed by atoms with Crippen LogP contribution < -0.4 is 5.56 Å². The standard InChI is InChI=1S/C26H26N4O4/c1-29(2)26(33)21-8-7-16(13-27-21)11-17-12-20-24(19-6-4-3-5-18(17)19)28-15-30(25(20)32)22-9-10-34-14-23(22)31/h3-8,12-13,15,22-23,31H,9-11,14H2,1-2H3/t22-,23-/m0/s1. The summed E-state index contributed by atoms with van der Waals surface area (Å²) in [5, 5.41) is 12.8. The molecule has 1 aliphatic heterocycles. The Bertz CT molecular complexity index is 1430. The highest BCUT2D eigenvalue weighted by atomic mass is 16.5. The Hall–Kier alpha value is -3.62. The number of rotatable bonds is 4. The lowest BCUT2D eigenvalue weighted by atomic mass is 9.96. The predicted octanol–water partition coefficient (Wildman–Crippen LogP) is 2.56. The molecular formula is C26H26N4O4. The van der Waals surface area contributed by atoms with E-state index in [1.165, 1.54) is 9.47 Å². The fourth-order valence-electron chi connectivity index (χ4n) is 4.57. The van der Waals surface area contributed by atoms with Crippen molar-refractivity contribution in [3.05, 3.63) is 82.2 Å². The molecule has 1 saturated heterocycles. The number of hydrogen-bond donors (Lipinski definition) is 1. The Morgan fingerprint density at radius 2 is 1.94 bits per heavy atom. The number of carbonyl (C=O) groups is 1. The van der Waals surface area contributed by atoms with Crippen molar-refractivity contribution in [2.24, 2.45) is 0 Å². The first-order valence-electron chi connectivity index (χ1n) is 11.3. The number of carbonyl (C=O) groups excluding carboxylic acids is 1. The molecule has 0 radical (unpaired) electrons. The smallest absolute Gasteiger partial charge is 0.271 e. The van der Waals surface area contributed by atoms with Crippen molar-refractivity contribution in [1.82, 2.24) is 19.4 Å². The van der Waals surface area contributed by atoms with Gasteiger partial charge in [-0.1, -0.05) is 30.3 Å². The Morgan fingerprint density at radius 3 is 2.65 bits per heavy atom. The molecule has 5 rings (SSSR count). The molecule has 0 unspecified atom stereocenters. The van der Waals surface area contributed by atoms with E-state index in [0.717, 1.165) is 21.9 Å². The van der Waals surface area contributed by atoms with Gasteiger partial charge in [-0.15, -0.1) is 0 Å². The number of aliphatic hydroxyl groups is 1. The summed E-state index contributed by atoms with van der Waals surface area (Å²) >= 11 is 0. The molecule has 1 N–H and O–H groups in total. The van der Waals surface area contributed by atoms with E-state index in [4.69, 9.17) is 4.74 Å². The fourth-order valence-corrected chi connectivity index (χ4v) is 4.57. The molecule has 1 amide bonds. The van der Waals surface area contributed by atoms with Crippen LogP contribution in [0.4, 0.5) is 0 Å². The van der Waals surface area contributed by atoms with Crippen LogP contribution >= 0.6 is 0 Å². The maximum Gasteiger partial charge on any atom is 0.271 e. The van der Waals surface area contributed by atoms with Crippen LogP contribution in [-0.2, 0) is 11.2 Å². The average Bonchev–Trinajstić information content (AvgIpc) is 2.85. The first kappa shape index (κ1) is 22.2. The molecule has 4 aromatic rings. The lowest BCUT2D eigenvalue weighted by Gasteiger charge is -2.29. The molecule has 0 aliphatic carbocycles. The van der Waals surface area contributed by atoms with Gasteiger partial charge in [-0.25, -0.2) is 4.98 Å². The van der Waals surface area contributed by atoms with Gasteiger partial charge in [0.05, 0.1) is 36.0 Å². The number of benzene rings is 2. The van der Waals surface area contributed by atoms with Gasteiger partial charge >= 0.3 is 0 Å². The molecule has 0 saturated carbocycles. The van der Waals surface area contributed by atoms with Crippen LogP contribution in [0.1, 0.15) is 34.1 Å². The number of hydrogen-bond acceptors (Lipinski definition) is 6. The van der Waals surface area contributed by atoms with Crippen molar-refractivity contribution in [3.63, 3.8) is 0 Å². The van der Waals surface area contributed by atoms with Crippen molar-refractivity contribution >= 4 is 27.6 Å². The summed E-state index contributed by atoms with van der Waals surface area (Å²) in [6.07, 6.45) is 3.60. The quantitative estimate of drug-likeness (QED) is 0.472. The zero-order valence-corrected chi connectivity index (χ0v) is 19.1. The van der Waals surface area contributed by atoms with E-state index >= 15 is 0 Å². The molecule has 1 fully saturated rings. The second-order valence-corrected chi connectivity index (χ2v) is 8.86. The number of nitrogens with zero attached hydrogens (tertiary/aromatic N) is 4. The van der Waals surface area contributed by atoms with Gasteiger partial charge in [-0.05, 0) is 41.5 Å². The Labute approximate surface area is 196 Å². The number of amides is 1.